The highest BCUT2D eigenvalue weighted by atomic mass is 127. The second-order valence-corrected chi connectivity index (χ2v) is 4.39. The van der Waals surface area contributed by atoms with Crippen LogP contribution in [0.15, 0.2) is 16.6 Å². The van der Waals surface area contributed by atoms with Gasteiger partial charge in [0.15, 0.2) is 0 Å². The Hall–Kier alpha value is 0.390. The normalized spacial score (nSPS) is 10.2. The fourth-order valence-electron chi connectivity index (χ4n) is 0.910. The van der Waals surface area contributed by atoms with E-state index < -0.39 is 0 Å². The Balaban J connectivity index is 3.24. The molecule has 0 amide bonds. The van der Waals surface area contributed by atoms with Gasteiger partial charge in [0.1, 0.15) is 0 Å². The van der Waals surface area contributed by atoms with Crippen LogP contribution in [0.1, 0.15) is 11.1 Å². The third-order valence-electron chi connectivity index (χ3n) is 1.46. The molecule has 0 unspecified atom stereocenters. The minimum absolute atomic E-state index is 0.0955. The van der Waals surface area contributed by atoms with Crippen LogP contribution in [0.2, 0.25) is 0 Å². The second kappa shape index (κ2) is 3.87. The fourth-order valence-corrected chi connectivity index (χ4v) is 2.11. The number of aliphatic hydroxyl groups excluding tert-OH is 1. The topological polar surface area (TPSA) is 20.2 Å². The molecule has 0 aliphatic rings. The Labute approximate surface area is 88.1 Å². The van der Waals surface area contributed by atoms with Gasteiger partial charge in [-0.25, -0.2) is 0 Å². The summed E-state index contributed by atoms with van der Waals surface area (Å²) in [6.45, 7) is 2.11. The maximum Gasteiger partial charge on any atom is 0.0693 e. The number of hydrogen-bond donors (Lipinski definition) is 1. The molecule has 11 heavy (non-hydrogen) atoms. The summed E-state index contributed by atoms with van der Waals surface area (Å²) in [6.07, 6.45) is 0. The Kier molecular flexibility index (Phi) is 3.33. The van der Waals surface area contributed by atoms with Crippen LogP contribution in [0.5, 0.6) is 0 Å². The lowest BCUT2D eigenvalue weighted by Gasteiger charge is -2.04. The zero-order valence-electron chi connectivity index (χ0n) is 6.06. The van der Waals surface area contributed by atoms with E-state index in [-0.39, 0.29) is 6.61 Å². The van der Waals surface area contributed by atoms with Crippen LogP contribution >= 0.6 is 38.5 Å². The van der Waals surface area contributed by atoms with Crippen LogP contribution in [-0.4, -0.2) is 5.11 Å². The van der Waals surface area contributed by atoms with Crippen LogP contribution in [-0.2, 0) is 6.61 Å². The summed E-state index contributed by atoms with van der Waals surface area (Å²) >= 11 is 5.65. The zero-order valence-corrected chi connectivity index (χ0v) is 9.81. The van der Waals surface area contributed by atoms with E-state index in [2.05, 4.69) is 44.6 Å². The zero-order chi connectivity index (χ0) is 8.43. The van der Waals surface area contributed by atoms with Crippen LogP contribution < -0.4 is 0 Å². The van der Waals surface area contributed by atoms with E-state index in [0.29, 0.717) is 0 Å². The first-order valence-electron chi connectivity index (χ1n) is 3.20. The van der Waals surface area contributed by atoms with Crippen LogP contribution in [0.3, 0.4) is 0 Å². The molecule has 0 saturated heterocycles. The average Bonchev–Trinajstić information content (AvgIpc) is 1.96. The molecule has 0 fully saturated rings. The smallest absolute Gasteiger partial charge is 0.0693 e. The molecule has 0 atom stereocenters. The molecular weight excluding hydrogens is 319 g/mol. The van der Waals surface area contributed by atoms with Gasteiger partial charge in [-0.05, 0) is 52.8 Å². The van der Waals surface area contributed by atoms with Crippen molar-refractivity contribution >= 4 is 38.5 Å². The van der Waals surface area contributed by atoms with E-state index in [9.17, 15) is 0 Å². The lowest BCUT2D eigenvalue weighted by atomic mass is 10.1. The first-order chi connectivity index (χ1) is 5.15. The number of benzene rings is 1. The molecule has 1 nitrogen and oxygen atoms in total. The molecule has 1 aromatic carbocycles. The molecule has 0 bridgehead atoms. The van der Waals surface area contributed by atoms with Crippen molar-refractivity contribution in [2.75, 3.05) is 0 Å². The highest BCUT2D eigenvalue weighted by Crippen LogP contribution is 2.23. The molecule has 0 heterocycles. The van der Waals surface area contributed by atoms with Gasteiger partial charge in [-0.15, -0.1) is 0 Å². The Morgan fingerprint density at radius 2 is 2.18 bits per heavy atom. The van der Waals surface area contributed by atoms with Gasteiger partial charge < -0.3 is 5.11 Å². The second-order valence-electron chi connectivity index (χ2n) is 2.35. The summed E-state index contributed by atoms with van der Waals surface area (Å²) in [6, 6.07) is 4.04. The van der Waals surface area contributed by atoms with Crippen molar-refractivity contribution in [3.8, 4) is 0 Å². The molecule has 0 spiro atoms. The Morgan fingerprint density at radius 3 is 2.73 bits per heavy atom. The molecule has 0 radical (unpaired) electrons. The molecule has 1 N–H and O–H groups in total. The standard InChI is InChI=1S/C8H8BrIO/c1-5-2-7(10)3-6(4-11)8(5)9/h2-3,11H,4H2,1H3. The van der Waals surface area contributed by atoms with Crippen molar-refractivity contribution in [3.05, 3.63) is 31.3 Å². The number of halogens is 2. The minimum atomic E-state index is 0.0955. The lowest BCUT2D eigenvalue weighted by Crippen LogP contribution is -1.89. The van der Waals surface area contributed by atoms with E-state index in [0.717, 1.165) is 13.6 Å². The van der Waals surface area contributed by atoms with E-state index in [1.807, 2.05) is 13.0 Å². The third kappa shape index (κ3) is 2.16. The summed E-state index contributed by atoms with van der Waals surface area (Å²) in [7, 11) is 0. The maximum atomic E-state index is 8.93. The van der Waals surface area contributed by atoms with Crippen molar-refractivity contribution < 1.29 is 5.11 Å². The monoisotopic (exact) mass is 326 g/mol. The highest BCUT2D eigenvalue weighted by Gasteiger charge is 2.02. The molecule has 1 aromatic rings. The number of rotatable bonds is 1. The third-order valence-corrected chi connectivity index (χ3v) is 3.22. The minimum Gasteiger partial charge on any atom is -0.392 e. The van der Waals surface area contributed by atoms with Gasteiger partial charge in [0, 0.05) is 8.04 Å². The first-order valence-corrected chi connectivity index (χ1v) is 5.07. The van der Waals surface area contributed by atoms with Crippen molar-refractivity contribution in [1.82, 2.24) is 0 Å². The Bertz CT molecular complexity index is 273. The molecular formula is C8H8BrIO. The largest absolute Gasteiger partial charge is 0.392 e. The van der Waals surface area contributed by atoms with Gasteiger partial charge in [-0.2, -0.15) is 0 Å². The van der Waals surface area contributed by atoms with Gasteiger partial charge in [-0.1, -0.05) is 15.9 Å². The van der Waals surface area contributed by atoms with Gasteiger partial charge >= 0.3 is 0 Å². The van der Waals surface area contributed by atoms with E-state index >= 15 is 0 Å². The fraction of sp³-hybridized carbons (Fsp3) is 0.250. The van der Waals surface area contributed by atoms with E-state index in [1.54, 1.807) is 0 Å². The van der Waals surface area contributed by atoms with Crippen LogP contribution in [0.25, 0.3) is 0 Å². The SMILES string of the molecule is Cc1cc(I)cc(CO)c1Br. The average molecular weight is 327 g/mol. The molecule has 0 aliphatic heterocycles. The van der Waals surface area contributed by atoms with Gasteiger partial charge in [0.05, 0.1) is 6.61 Å². The summed E-state index contributed by atoms with van der Waals surface area (Å²) in [5.41, 5.74) is 2.12. The number of aliphatic hydroxyl groups is 1. The van der Waals surface area contributed by atoms with Crippen molar-refractivity contribution in [1.29, 1.82) is 0 Å². The predicted molar refractivity (Wildman–Crippen MR) is 57.5 cm³/mol. The lowest BCUT2D eigenvalue weighted by molar-refractivity contribution is 0.281. The summed E-state index contributed by atoms with van der Waals surface area (Å²) in [4.78, 5) is 0. The van der Waals surface area contributed by atoms with Crippen LogP contribution in [0.4, 0.5) is 0 Å². The highest BCUT2D eigenvalue weighted by molar-refractivity contribution is 14.1. The quantitative estimate of drug-likeness (QED) is 0.787. The van der Waals surface area contributed by atoms with Crippen molar-refractivity contribution in [2.45, 2.75) is 13.5 Å². The first kappa shape index (κ1) is 9.48. The predicted octanol–water partition coefficient (Wildman–Crippen LogP) is 2.85. The maximum absolute atomic E-state index is 8.93. The van der Waals surface area contributed by atoms with Crippen molar-refractivity contribution in [3.63, 3.8) is 0 Å². The molecule has 0 aromatic heterocycles. The van der Waals surface area contributed by atoms with Gasteiger partial charge in [0.2, 0.25) is 0 Å². The Morgan fingerprint density at radius 1 is 1.55 bits per heavy atom. The van der Waals surface area contributed by atoms with E-state index in [4.69, 9.17) is 5.11 Å². The molecule has 3 heteroatoms. The summed E-state index contributed by atoms with van der Waals surface area (Å²) < 4.78 is 2.17. The van der Waals surface area contributed by atoms with Gasteiger partial charge in [-0.3, -0.25) is 0 Å². The van der Waals surface area contributed by atoms with Crippen molar-refractivity contribution in [2.24, 2.45) is 0 Å². The summed E-state index contributed by atoms with van der Waals surface area (Å²) in [5, 5.41) is 8.93. The van der Waals surface area contributed by atoms with E-state index in [1.165, 1.54) is 5.56 Å². The molecule has 60 valence electrons. The molecule has 0 aliphatic carbocycles. The number of hydrogen-bond acceptors (Lipinski definition) is 1. The summed E-state index contributed by atoms with van der Waals surface area (Å²) in [5.74, 6) is 0. The molecule has 0 saturated carbocycles. The van der Waals surface area contributed by atoms with Crippen LogP contribution in [0, 0.1) is 10.5 Å². The van der Waals surface area contributed by atoms with Gasteiger partial charge in [0.25, 0.3) is 0 Å². The number of aryl methyl sites for hydroxylation is 1. The molecule has 1 rings (SSSR count).